The van der Waals surface area contributed by atoms with Gasteiger partial charge in [0.25, 0.3) is 0 Å². The normalized spacial score (nSPS) is 26.4. The molecule has 6 heteroatoms. The van der Waals surface area contributed by atoms with Crippen molar-refractivity contribution in [3.63, 3.8) is 0 Å². The van der Waals surface area contributed by atoms with Gasteiger partial charge < -0.3 is 9.84 Å². The second-order valence-corrected chi connectivity index (χ2v) is 10.6. The van der Waals surface area contributed by atoms with Crippen LogP contribution in [0.15, 0.2) is 64.1 Å². The lowest BCUT2D eigenvalue weighted by molar-refractivity contribution is -0.138. The molecule has 2 aromatic carbocycles. The molecule has 35 heavy (non-hydrogen) atoms. The molecule has 1 N–H and O–H groups in total. The number of hydrogen-bond acceptors (Lipinski definition) is 4. The Morgan fingerprint density at radius 3 is 2.66 bits per heavy atom. The molecular weight excluding hydrogens is 506 g/mol. The highest BCUT2D eigenvalue weighted by Gasteiger charge is 2.55. The van der Waals surface area contributed by atoms with Crippen LogP contribution in [0.1, 0.15) is 43.7 Å². The molecule has 0 saturated carbocycles. The van der Waals surface area contributed by atoms with Gasteiger partial charge in [0.15, 0.2) is 0 Å². The van der Waals surface area contributed by atoms with E-state index >= 15 is 0 Å². The first-order chi connectivity index (χ1) is 16.9. The van der Waals surface area contributed by atoms with Gasteiger partial charge >= 0.3 is 0 Å². The van der Waals surface area contributed by atoms with E-state index in [1.54, 1.807) is 13.1 Å². The van der Waals surface area contributed by atoms with Crippen LogP contribution in [0.4, 0.5) is 0 Å². The maximum Gasteiger partial charge on any atom is 0.233 e. The Morgan fingerprint density at radius 1 is 1.14 bits per heavy atom. The molecular formula is C29H30BrNO4. The van der Waals surface area contributed by atoms with Crippen molar-refractivity contribution in [1.29, 1.82) is 0 Å². The number of hydrogen-bond donors (Lipinski definition) is 1. The Hall–Kier alpha value is -2.70. The molecule has 1 aliphatic carbocycles. The first kappa shape index (κ1) is 24.0. The van der Waals surface area contributed by atoms with Gasteiger partial charge in [-0.1, -0.05) is 58.8 Å². The number of aromatic hydroxyl groups is 1. The van der Waals surface area contributed by atoms with Crippen molar-refractivity contribution in [2.75, 3.05) is 13.7 Å². The van der Waals surface area contributed by atoms with E-state index in [9.17, 15) is 14.7 Å². The maximum absolute atomic E-state index is 12.9. The molecule has 5 nitrogen and oxygen atoms in total. The molecule has 2 fully saturated rings. The number of phenolic OH excluding ortho intramolecular Hbond substituents is 1. The molecule has 2 heterocycles. The van der Waals surface area contributed by atoms with E-state index in [4.69, 9.17) is 4.74 Å². The van der Waals surface area contributed by atoms with Crippen LogP contribution in [0.2, 0.25) is 0 Å². The van der Waals surface area contributed by atoms with Gasteiger partial charge in [-0.05, 0) is 66.7 Å². The molecule has 2 saturated heterocycles. The summed E-state index contributed by atoms with van der Waals surface area (Å²) in [6, 6.07) is 15.6. The smallest absolute Gasteiger partial charge is 0.233 e. The number of rotatable bonds is 6. The molecule has 0 unspecified atom stereocenters. The van der Waals surface area contributed by atoms with Crippen LogP contribution in [0, 0.1) is 17.8 Å². The van der Waals surface area contributed by atoms with Crippen LogP contribution in [0.25, 0.3) is 11.6 Å². The number of halogens is 1. The Balaban J connectivity index is 1.43. The number of carbonyl (C=O) groups excluding carboxylic acids is 2. The van der Waals surface area contributed by atoms with E-state index in [1.165, 1.54) is 16.0 Å². The molecule has 0 bridgehead atoms. The minimum Gasteiger partial charge on any atom is -0.507 e. The highest BCUT2D eigenvalue weighted by Crippen LogP contribution is 2.50. The van der Waals surface area contributed by atoms with Gasteiger partial charge in [-0.15, -0.1) is 0 Å². The van der Waals surface area contributed by atoms with Gasteiger partial charge in [0.1, 0.15) is 5.75 Å². The molecule has 2 aliphatic heterocycles. The Labute approximate surface area is 214 Å². The lowest BCUT2D eigenvalue weighted by Gasteiger charge is -2.31. The van der Waals surface area contributed by atoms with Crippen LogP contribution < -0.4 is 0 Å². The third-order valence-corrected chi connectivity index (χ3v) is 8.29. The number of nitrogens with zero attached hydrogens (tertiary/aromatic N) is 1. The molecule has 2 aromatic rings. The zero-order valence-electron chi connectivity index (χ0n) is 20.0. The van der Waals surface area contributed by atoms with Gasteiger partial charge in [0.2, 0.25) is 11.8 Å². The molecule has 2 amide bonds. The Bertz CT molecular complexity index is 1220. The monoisotopic (exact) mass is 535 g/mol. The third-order valence-electron chi connectivity index (χ3n) is 7.79. The van der Waals surface area contributed by atoms with Crippen LogP contribution in [0.5, 0.6) is 5.75 Å². The Morgan fingerprint density at radius 2 is 1.91 bits per heavy atom. The number of amides is 2. The SMILES string of the molecule is CCC1=C2[C@@H](CC/C(=C/c3cc(Br)ccc3O)c3ccccc3)OC[C@@H]2[C@@H]2C(=O)N(C)C(=O)[C@@H]2C1. The van der Waals surface area contributed by atoms with Crippen molar-refractivity contribution >= 4 is 39.4 Å². The van der Waals surface area contributed by atoms with Crippen molar-refractivity contribution in [3.05, 3.63) is 75.3 Å². The number of benzene rings is 2. The van der Waals surface area contributed by atoms with Crippen LogP contribution >= 0.6 is 15.9 Å². The first-order valence-electron chi connectivity index (χ1n) is 12.3. The number of carbonyl (C=O) groups is 2. The highest BCUT2D eigenvalue weighted by atomic mass is 79.9. The van der Waals surface area contributed by atoms with E-state index in [1.807, 2.05) is 36.4 Å². The lowest BCUT2D eigenvalue weighted by Crippen LogP contribution is -2.33. The lowest BCUT2D eigenvalue weighted by atomic mass is 9.69. The van der Waals surface area contributed by atoms with Gasteiger partial charge in [-0.2, -0.15) is 0 Å². The number of allylic oxidation sites excluding steroid dienone is 2. The van der Waals surface area contributed by atoms with Crippen molar-refractivity contribution in [1.82, 2.24) is 4.90 Å². The Kier molecular flexibility index (Phi) is 6.69. The van der Waals surface area contributed by atoms with Gasteiger partial charge in [-0.25, -0.2) is 0 Å². The zero-order chi connectivity index (χ0) is 24.7. The summed E-state index contributed by atoms with van der Waals surface area (Å²) >= 11 is 3.50. The van der Waals surface area contributed by atoms with Crippen molar-refractivity contribution < 1.29 is 19.4 Å². The van der Waals surface area contributed by atoms with Crippen LogP contribution in [-0.4, -0.2) is 41.6 Å². The fourth-order valence-corrected chi connectivity index (χ4v) is 6.42. The summed E-state index contributed by atoms with van der Waals surface area (Å²) in [7, 11) is 1.61. The minimum atomic E-state index is -0.287. The molecule has 5 rings (SSSR count). The number of likely N-dealkylation sites (tertiary alicyclic amines) is 1. The van der Waals surface area contributed by atoms with Crippen LogP contribution in [0.3, 0.4) is 0 Å². The predicted octanol–water partition coefficient (Wildman–Crippen LogP) is 5.83. The summed E-state index contributed by atoms with van der Waals surface area (Å²) < 4.78 is 7.22. The van der Waals surface area contributed by atoms with E-state index < -0.39 is 0 Å². The highest BCUT2D eigenvalue weighted by molar-refractivity contribution is 9.10. The summed E-state index contributed by atoms with van der Waals surface area (Å²) in [5.74, 6) is -0.396. The third kappa shape index (κ3) is 4.38. The van der Waals surface area contributed by atoms with Crippen molar-refractivity contribution in [2.45, 2.75) is 38.7 Å². The number of imide groups is 1. The maximum atomic E-state index is 12.9. The number of ether oxygens (including phenoxy) is 1. The van der Waals surface area contributed by atoms with Gasteiger partial charge in [0.05, 0.1) is 24.5 Å². The second-order valence-electron chi connectivity index (χ2n) is 9.69. The number of fused-ring (bicyclic) bond motifs is 3. The first-order valence-corrected chi connectivity index (χ1v) is 13.1. The van der Waals surface area contributed by atoms with E-state index in [-0.39, 0.29) is 41.4 Å². The molecule has 182 valence electrons. The fraction of sp³-hybridized carbons (Fsp3) is 0.379. The summed E-state index contributed by atoms with van der Waals surface area (Å²) in [5.41, 5.74) is 5.52. The topological polar surface area (TPSA) is 66.8 Å². The average Bonchev–Trinajstić information content (AvgIpc) is 3.38. The second kappa shape index (κ2) is 9.75. The molecule has 4 atom stereocenters. The quantitative estimate of drug-likeness (QED) is 0.287. The zero-order valence-corrected chi connectivity index (χ0v) is 21.6. The summed E-state index contributed by atoms with van der Waals surface area (Å²) in [4.78, 5) is 26.9. The number of phenols is 1. The largest absolute Gasteiger partial charge is 0.507 e. The minimum absolute atomic E-state index is 0.00613. The fourth-order valence-electron chi connectivity index (χ4n) is 6.04. The van der Waals surface area contributed by atoms with Gasteiger partial charge in [0, 0.05) is 23.0 Å². The van der Waals surface area contributed by atoms with Gasteiger partial charge in [-0.3, -0.25) is 14.5 Å². The molecule has 0 radical (unpaired) electrons. The predicted molar refractivity (Wildman–Crippen MR) is 139 cm³/mol. The summed E-state index contributed by atoms with van der Waals surface area (Å²) in [6.45, 7) is 2.62. The molecule has 0 aromatic heterocycles. The molecule has 3 aliphatic rings. The average molecular weight is 536 g/mol. The van der Waals surface area contributed by atoms with Crippen molar-refractivity contribution in [2.24, 2.45) is 17.8 Å². The van der Waals surface area contributed by atoms with E-state index in [0.717, 1.165) is 40.4 Å². The summed E-state index contributed by atoms with van der Waals surface area (Å²) in [6.07, 6.45) is 5.05. The van der Waals surface area contributed by atoms with E-state index in [0.29, 0.717) is 13.0 Å². The molecule has 0 spiro atoms. The van der Waals surface area contributed by atoms with Crippen LogP contribution in [-0.2, 0) is 14.3 Å². The standard InChI is InChI=1S/C29H30BrNO4/c1-3-17-15-22-27(29(34)31(2)28(22)33)23-16-35-25(26(17)23)12-9-19(18-7-5-4-6-8-18)13-20-14-21(30)10-11-24(20)32/h4-8,10-11,13-14,22-23,25,27,32H,3,9,12,15-16H2,1-2H3/b19-13-/t22-,23+,25-,27-/m1/s1. The summed E-state index contributed by atoms with van der Waals surface area (Å²) in [5, 5.41) is 10.4. The van der Waals surface area contributed by atoms with Crippen molar-refractivity contribution in [3.8, 4) is 5.75 Å². The van der Waals surface area contributed by atoms with E-state index in [2.05, 4.69) is 35.0 Å².